The van der Waals surface area contributed by atoms with Gasteiger partial charge in [0, 0.05) is 25.5 Å². The molecule has 2 aromatic rings. The Morgan fingerprint density at radius 2 is 2.00 bits per heavy atom. The number of aromatic nitrogens is 2. The molecule has 0 fully saturated rings. The Morgan fingerprint density at radius 3 is 2.56 bits per heavy atom. The molecule has 0 radical (unpaired) electrons. The maximum absolute atomic E-state index is 9.12. The number of nitrogens with zero attached hydrogens (tertiary/aromatic N) is 3. The summed E-state index contributed by atoms with van der Waals surface area (Å²) >= 11 is 0. The fourth-order valence-electron chi connectivity index (χ4n) is 1.80. The fourth-order valence-corrected chi connectivity index (χ4v) is 1.80. The molecule has 18 heavy (non-hydrogen) atoms. The third-order valence-electron chi connectivity index (χ3n) is 2.89. The summed E-state index contributed by atoms with van der Waals surface area (Å²) in [7, 11) is 4.00. The van der Waals surface area contributed by atoms with Crippen molar-refractivity contribution < 1.29 is 5.11 Å². The number of aliphatic hydroxyl groups excluding tert-OH is 1. The van der Waals surface area contributed by atoms with Gasteiger partial charge in [0.25, 0.3) is 0 Å². The van der Waals surface area contributed by atoms with E-state index in [0.29, 0.717) is 0 Å². The third kappa shape index (κ3) is 2.37. The van der Waals surface area contributed by atoms with Crippen LogP contribution in [0, 0.1) is 0 Å². The number of nitrogens with two attached hydrogens (primary N) is 1. The SMILES string of the molecule is CN(C)c1ccc(-n2cncc2C(N)CO)cc1. The van der Waals surface area contributed by atoms with E-state index in [1.54, 1.807) is 12.5 Å². The van der Waals surface area contributed by atoms with Gasteiger partial charge in [-0.05, 0) is 24.3 Å². The number of hydrogen-bond acceptors (Lipinski definition) is 4. The lowest BCUT2D eigenvalue weighted by Crippen LogP contribution is -2.18. The van der Waals surface area contributed by atoms with Crippen molar-refractivity contribution in [2.45, 2.75) is 6.04 Å². The Balaban J connectivity index is 2.34. The first-order valence-electron chi connectivity index (χ1n) is 5.80. The lowest BCUT2D eigenvalue weighted by Gasteiger charge is -2.15. The van der Waals surface area contributed by atoms with Crippen LogP contribution in [-0.4, -0.2) is 35.4 Å². The van der Waals surface area contributed by atoms with Gasteiger partial charge in [-0.2, -0.15) is 0 Å². The molecule has 1 unspecified atom stereocenters. The van der Waals surface area contributed by atoms with Crippen LogP contribution in [0.15, 0.2) is 36.8 Å². The minimum Gasteiger partial charge on any atom is -0.394 e. The molecule has 1 aromatic carbocycles. The van der Waals surface area contributed by atoms with Crippen LogP contribution >= 0.6 is 0 Å². The van der Waals surface area contributed by atoms with Crippen molar-refractivity contribution in [2.24, 2.45) is 5.73 Å². The zero-order valence-corrected chi connectivity index (χ0v) is 10.6. The summed E-state index contributed by atoms with van der Waals surface area (Å²) in [5.41, 5.74) is 8.75. The van der Waals surface area contributed by atoms with E-state index in [9.17, 15) is 0 Å². The largest absolute Gasteiger partial charge is 0.394 e. The molecule has 0 amide bonds. The van der Waals surface area contributed by atoms with Gasteiger partial charge >= 0.3 is 0 Å². The minimum atomic E-state index is -0.416. The van der Waals surface area contributed by atoms with E-state index >= 15 is 0 Å². The number of hydrogen-bond donors (Lipinski definition) is 2. The number of anilines is 1. The maximum Gasteiger partial charge on any atom is 0.0994 e. The van der Waals surface area contributed by atoms with E-state index in [-0.39, 0.29) is 6.61 Å². The third-order valence-corrected chi connectivity index (χ3v) is 2.89. The van der Waals surface area contributed by atoms with E-state index in [2.05, 4.69) is 4.98 Å². The Hall–Kier alpha value is -1.85. The highest BCUT2D eigenvalue weighted by Gasteiger charge is 2.11. The summed E-state index contributed by atoms with van der Waals surface area (Å²) in [6.45, 7) is -0.0958. The first-order chi connectivity index (χ1) is 8.63. The van der Waals surface area contributed by atoms with Gasteiger partial charge < -0.3 is 20.3 Å². The van der Waals surface area contributed by atoms with Crippen molar-refractivity contribution in [1.29, 1.82) is 0 Å². The summed E-state index contributed by atoms with van der Waals surface area (Å²) < 4.78 is 1.89. The van der Waals surface area contributed by atoms with Gasteiger partial charge in [-0.15, -0.1) is 0 Å². The Morgan fingerprint density at radius 1 is 1.33 bits per heavy atom. The van der Waals surface area contributed by atoms with Crippen molar-refractivity contribution in [3.8, 4) is 5.69 Å². The van der Waals surface area contributed by atoms with Gasteiger partial charge in [0.15, 0.2) is 0 Å². The molecule has 96 valence electrons. The highest BCUT2D eigenvalue weighted by Crippen LogP contribution is 2.19. The van der Waals surface area contributed by atoms with E-state index in [4.69, 9.17) is 10.8 Å². The standard InChI is InChI=1S/C13H18N4O/c1-16(2)10-3-5-11(6-4-10)17-9-15-7-13(17)12(14)8-18/h3-7,9,12,18H,8,14H2,1-2H3. The van der Waals surface area contributed by atoms with E-state index in [0.717, 1.165) is 17.1 Å². The summed E-state index contributed by atoms with van der Waals surface area (Å²) in [6.07, 6.45) is 3.39. The van der Waals surface area contributed by atoms with Crippen LogP contribution in [-0.2, 0) is 0 Å². The van der Waals surface area contributed by atoms with Gasteiger partial charge in [-0.3, -0.25) is 0 Å². The first kappa shape index (κ1) is 12.6. The maximum atomic E-state index is 9.12. The molecule has 1 heterocycles. The van der Waals surface area contributed by atoms with Crippen LogP contribution in [0.25, 0.3) is 5.69 Å². The van der Waals surface area contributed by atoms with E-state index < -0.39 is 6.04 Å². The zero-order chi connectivity index (χ0) is 13.1. The van der Waals surface area contributed by atoms with E-state index in [1.807, 2.05) is 47.8 Å². The van der Waals surface area contributed by atoms with Crippen LogP contribution in [0.5, 0.6) is 0 Å². The molecule has 0 aliphatic heterocycles. The summed E-state index contributed by atoms with van der Waals surface area (Å²) in [5.74, 6) is 0. The molecule has 0 spiro atoms. The van der Waals surface area contributed by atoms with Crippen LogP contribution < -0.4 is 10.6 Å². The van der Waals surface area contributed by atoms with Crippen molar-refractivity contribution in [2.75, 3.05) is 25.6 Å². The number of imidazole rings is 1. The van der Waals surface area contributed by atoms with Gasteiger partial charge in [-0.1, -0.05) is 0 Å². The summed E-state index contributed by atoms with van der Waals surface area (Å²) in [6, 6.07) is 7.66. The molecule has 1 atom stereocenters. The van der Waals surface area contributed by atoms with Gasteiger partial charge in [0.05, 0.1) is 30.9 Å². The first-order valence-corrected chi connectivity index (χ1v) is 5.80. The topological polar surface area (TPSA) is 67.3 Å². The van der Waals surface area contributed by atoms with Crippen LogP contribution in [0.4, 0.5) is 5.69 Å². The van der Waals surface area contributed by atoms with Crippen molar-refractivity contribution in [3.05, 3.63) is 42.5 Å². The van der Waals surface area contributed by atoms with Crippen LogP contribution in [0.1, 0.15) is 11.7 Å². The molecule has 0 saturated heterocycles. The van der Waals surface area contributed by atoms with Crippen molar-refractivity contribution in [1.82, 2.24) is 9.55 Å². The second kappa shape index (κ2) is 5.20. The molecule has 3 N–H and O–H groups in total. The Kier molecular flexibility index (Phi) is 3.64. The lowest BCUT2D eigenvalue weighted by atomic mass is 10.2. The summed E-state index contributed by atoms with van der Waals surface area (Å²) in [5, 5.41) is 9.12. The quantitative estimate of drug-likeness (QED) is 0.842. The van der Waals surface area contributed by atoms with E-state index in [1.165, 1.54) is 0 Å². The predicted octanol–water partition coefficient (Wildman–Crippen LogP) is 0.930. The van der Waals surface area contributed by atoms with Gasteiger partial charge in [0.1, 0.15) is 0 Å². The van der Waals surface area contributed by atoms with Crippen molar-refractivity contribution in [3.63, 3.8) is 0 Å². The highest BCUT2D eigenvalue weighted by molar-refractivity contribution is 5.50. The number of rotatable bonds is 4. The van der Waals surface area contributed by atoms with Crippen molar-refractivity contribution >= 4 is 5.69 Å². The second-order valence-electron chi connectivity index (χ2n) is 4.39. The smallest absolute Gasteiger partial charge is 0.0994 e. The molecule has 5 heteroatoms. The molecule has 0 saturated carbocycles. The van der Waals surface area contributed by atoms with Crippen LogP contribution in [0.3, 0.4) is 0 Å². The molecule has 5 nitrogen and oxygen atoms in total. The lowest BCUT2D eigenvalue weighted by molar-refractivity contribution is 0.265. The molecule has 2 rings (SSSR count). The predicted molar refractivity (Wildman–Crippen MR) is 71.9 cm³/mol. The average molecular weight is 246 g/mol. The average Bonchev–Trinajstić information content (AvgIpc) is 2.87. The van der Waals surface area contributed by atoms with Crippen LogP contribution in [0.2, 0.25) is 0 Å². The fraction of sp³-hybridized carbons (Fsp3) is 0.308. The molecule has 0 aliphatic rings. The minimum absolute atomic E-state index is 0.0958. The Labute approximate surface area is 106 Å². The molecule has 1 aromatic heterocycles. The monoisotopic (exact) mass is 246 g/mol. The van der Waals surface area contributed by atoms with Gasteiger partial charge in [0.2, 0.25) is 0 Å². The molecular weight excluding hydrogens is 228 g/mol. The number of aliphatic hydroxyl groups is 1. The molecular formula is C13H18N4O. The Bertz CT molecular complexity index is 504. The summed E-state index contributed by atoms with van der Waals surface area (Å²) in [4.78, 5) is 6.13. The highest BCUT2D eigenvalue weighted by atomic mass is 16.3. The number of benzene rings is 1. The molecule has 0 bridgehead atoms. The molecule has 0 aliphatic carbocycles. The second-order valence-corrected chi connectivity index (χ2v) is 4.39. The van der Waals surface area contributed by atoms with Gasteiger partial charge in [-0.25, -0.2) is 4.98 Å². The normalized spacial score (nSPS) is 12.4. The zero-order valence-electron chi connectivity index (χ0n) is 10.6.